The molecule has 1 saturated heterocycles. The maximum atomic E-state index is 12.9. The van der Waals surface area contributed by atoms with Crippen LogP contribution in [0, 0.1) is 0 Å². The second-order valence-corrected chi connectivity index (χ2v) is 8.18. The largest absolute Gasteiger partial charge is 0.491 e. The second-order valence-electron chi connectivity index (χ2n) is 7.74. The molecule has 6 heteroatoms. The number of carbonyl (C=O) groups is 1. The van der Waals surface area contributed by atoms with Crippen molar-refractivity contribution in [2.75, 3.05) is 19.7 Å². The molecule has 0 aliphatic carbocycles. The highest BCUT2D eigenvalue weighted by molar-refractivity contribution is 6.30. The Hall–Kier alpha value is -2.50. The maximum absolute atomic E-state index is 12.9. The first-order valence-corrected chi connectivity index (χ1v) is 10.3. The minimum atomic E-state index is -0.946. The second kappa shape index (κ2) is 8.47. The minimum absolute atomic E-state index is 0.0924. The van der Waals surface area contributed by atoms with Crippen molar-refractivity contribution in [1.29, 1.82) is 0 Å². The molecule has 1 amide bonds. The van der Waals surface area contributed by atoms with E-state index in [1.165, 1.54) is 0 Å². The molecule has 0 bridgehead atoms. The van der Waals surface area contributed by atoms with E-state index >= 15 is 0 Å². The number of aromatic amines is 1. The maximum Gasteiger partial charge on any atom is 0.227 e. The number of fused-ring (bicyclic) bond motifs is 1. The molecule has 0 radical (unpaired) electrons. The van der Waals surface area contributed by atoms with Gasteiger partial charge in [0, 0.05) is 35.2 Å². The molecule has 1 aromatic heterocycles. The van der Waals surface area contributed by atoms with Crippen LogP contribution in [-0.2, 0) is 11.2 Å². The van der Waals surface area contributed by atoms with Crippen molar-refractivity contribution in [2.45, 2.75) is 31.3 Å². The highest BCUT2D eigenvalue weighted by atomic mass is 35.5. The van der Waals surface area contributed by atoms with Gasteiger partial charge in [-0.3, -0.25) is 4.79 Å². The van der Waals surface area contributed by atoms with Crippen LogP contribution in [0.15, 0.2) is 54.7 Å². The zero-order chi connectivity index (χ0) is 20.3. The van der Waals surface area contributed by atoms with Crippen LogP contribution < -0.4 is 4.74 Å². The van der Waals surface area contributed by atoms with Gasteiger partial charge in [0.2, 0.25) is 5.91 Å². The average Bonchev–Trinajstić information content (AvgIpc) is 3.01. The number of hydrogen-bond donors (Lipinski definition) is 2. The number of nitrogens with one attached hydrogen (secondary N) is 1. The third kappa shape index (κ3) is 4.74. The smallest absolute Gasteiger partial charge is 0.227 e. The van der Waals surface area contributed by atoms with Gasteiger partial charge in [-0.1, -0.05) is 35.9 Å². The van der Waals surface area contributed by atoms with Gasteiger partial charge in [0.05, 0.1) is 6.42 Å². The number of hydrogen-bond acceptors (Lipinski definition) is 3. The molecular weight excluding hydrogens is 388 g/mol. The van der Waals surface area contributed by atoms with Crippen molar-refractivity contribution in [3.8, 4) is 5.75 Å². The van der Waals surface area contributed by atoms with Gasteiger partial charge in [-0.25, -0.2) is 0 Å². The zero-order valence-corrected chi connectivity index (χ0v) is 17.0. The molecule has 1 unspecified atom stereocenters. The molecule has 0 saturated carbocycles. The fraction of sp³-hybridized carbons (Fsp3) is 0.348. The molecule has 2 N–H and O–H groups in total. The summed E-state index contributed by atoms with van der Waals surface area (Å²) in [4.78, 5) is 18.0. The van der Waals surface area contributed by atoms with E-state index in [0.717, 1.165) is 22.9 Å². The Kier molecular flexibility index (Phi) is 5.79. The third-order valence-corrected chi connectivity index (χ3v) is 5.83. The summed E-state index contributed by atoms with van der Waals surface area (Å²) in [6, 6.07) is 15.2. The summed E-state index contributed by atoms with van der Waals surface area (Å²) in [5.74, 6) is 0.734. The molecule has 2 aromatic carbocycles. The number of likely N-dealkylation sites (tertiary alicyclic amines) is 1. The SMILES string of the molecule is O=C(Cc1c[nH]c2ccccc12)N1CCCC(O)(COc2cccc(Cl)c2)CC1. The number of nitrogens with zero attached hydrogens (tertiary/aromatic N) is 1. The zero-order valence-electron chi connectivity index (χ0n) is 16.2. The number of para-hydroxylation sites is 1. The van der Waals surface area contributed by atoms with Gasteiger partial charge in [0.25, 0.3) is 0 Å². The van der Waals surface area contributed by atoms with Gasteiger partial charge in [-0.05, 0) is 49.1 Å². The number of amides is 1. The van der Waals surface area contributed by atoms with E-state index in [2.05, 4.69) is 4.98 Å². The predicted octanol–water partition coefficient (Wildman–Crippen LogP) is 4.19. The van der Waals surface area contributed by atoms with E-state index in [4.69, 9.17) is 16.3 Å². The van der Waals surface area contributed by atoms with E-state index < -0.39 is 5.60 Å². The first kappa shape index (κ1) is 19.8. The molecule has 0 spiro atoms. The molecule has 152 valence electrons. The molecular formula is C23H25ClN2O3. The molecule has 1 atom stereocenters. The summed E-state index contributed by atoms with van der Waals surface area (Å²) < 4.78 is 5.77. The minimum Gasteiger partial charge on any atom is -0.491 e. The fourth-order valence-corrected chi connectivity index (χ4v) is 4.08. The predicted molar refractivity (Wildman–Crippen MR) is 114 cm³/mol. The van der Waals surface area contributed by atoms with E-state index in [1.807, 2.05) is 47.5 Å². The number of benzene rings is 2. The van der Waals surface area contributed by atoms with Crippen LogP contribution in [0.5, 0.6) is 5.75 Å². The molecule has 2 heterocycles. The highest BCUT2D eigenvalue weighted by Crippen LogP contribution is 2.26. The van der Waals surface area contributed by atoms with Crippen molar-refractivity contribution in [1.82, 2.24) is 9.88 Å². The lowest BCUT2D eigenvalue weighted by molar-refractivity contribution is -0.130. The number of H-pyrrole nitrogens is 1. The van der Waals surface area contributed by atoms with E-state index in [-0.39, 0.29) is 12.5 Å². The lowest BCUT2D eigenvalue weighted by Crippen LogP contribution is -2.38. The monoisotopic (exact) mass is 412 g/mol. The Labute approximate surface area is 175 Å². The van der Waals surface area contributed by atoms with Crippen molar-refractivity contribution < 1.29 is 14.6 Å². The standard InChI is InChI=1S/C23H25ClN2O3/c24-18-5-3-6-19(14-18)29-16-23(28)9-4-11-26(12-10-23)22(27)13-17-15-25-21-8-2-1-7-20(17)21/h1-3,5-8,14-15,25,28H,4,9-13,16H2. The molecule has 1 aliphatic heterocycles. The molecule has 1 aliphatic rings. The highest BCUT2D eigenvalue weighted by Gasteiger charge is 2.32. The van der Waals surface area contributed by atoms with E-state index in [0.29, 0.717) is 43.1 Å². The Bertz CT molecular complexity index is 1000. The summed E-state index contributed by atoms with van der Waals surface area (Å²) in [7, 11) is 0. The number of ether oxygens (including phenoxy) is 1. The topological polar surface area (TPSA) is 65.6 Å². The van der Waals surface area contributed by atoms with E-state index in [1.54, 1.807) is 12.1 Å². The lowest BCUT2D eigenvalue weighted by Gasteiger charge is -2.27. The van der Waals surface area contributed by atoms with Crippen LogP contribution in [0.25, 0.3) is 10.9 Å². The molecule has 3 aromatic rings. The summed E-state index contributed by atoms with van der Waals surface area (Å²) in [5.41, 5.74) is 1.10. The van der Waals surface area contributed by atoms with Gasteiger partial charge in [0.15, 0.2) is 0 Å². The Balaban J connectivity index is 1.35. The quantitative estimate of drug-likeness (QED) is 0.660. The third-order valence-electron chi connectivity index (χ3n) is 5.59. The molecule has 4 rings (SSSR count). The van der Waals surface area contributed by atoms with Gasteiger partial charge >= 0.3 is 0 Å². The van der Waals surface area contributed by atoms with Gasteiger partial charge in [0.1, 0.15) is 18.0 Å². The number of aliphatic hydroxyl groups is 1. The molecule has 1 fully saturated rings. The van der Waals surface area contributed by atoms with Crippen molar-refractivity contribution >= 4 is 28.4 Å². The first-order valence-electron chi connectivity index (χ1n) is 9.96. The van der Waals surface area contributed by atoms with Crippen LogP contribution in [0.4, 0.5) is 0 Å². The lowest BCUT2D eigenvalue weighted by atomic mass is 9.96. The Morgan fingerprint density at radius 3 is 2.90 bits per heavy atom. The number of rotatable bonds is 5. The van der Waals surface area contributed by atoms with Crippen LogP contribution in [0.3, 0.4) is 0 Å². The summed E-state index contributed by atoms with van der Waals surface area (Å²) in [5, 5.41) is 12.7. The summed E-state index contributed by atoms with van der Waals surface area (Å²) in [6.45, 7) is 1.37. The van der Waals surface area contributed by atoms with Crippen LogP contribution in [0.2, 0.25) is 5.02 Å². The van der Waals surface area contributed by atoms with Crippen LogP contribution in [0.1, 0.15) is 24.8 Å². The average molecular weight is 413 g/mol. The summed E-state index contributed by atoms with van der Waals surface area (Å²) >= 11 is 5.99. The van der Waals surface area contributed by atoms with Crippen LogP contribution in [-0.4, -0.2) is 46.2 Å². The van der Waals surface area contributed by atoms with Crippen LogP contribution >= 0.6 is 11.6 Å². The van der Waals surface area contributed by atoms with Crippen molar-refractivity contribution in [3.63, 3.8) is 0 Å². The van der Waals surface area contributed by atoms with Gasteiger partial charge < -0.3 is 19.7 Å². The molecule has 5 nitrogen and oxygen atoms in total. The van der Waals surface area contributed by atoms with Gasteiger partial charge in [-0.15, -0.1) is 0 Å². The van der Waals surface area contributed by atoms with Crippen molar-refractivity contribution in [3.05, 3.63) is 65.3 Å². The number of halogens is 1. The van der Waals surface area contributed by atoms with Crippen molar-refractivity contribution in [2.24, 2.45) is 0 Å². The van der Waals surface area contributed by atoms with E-state index in [9.17, 15) is 9.90 Å². The first-order chi connectivity index (χ1) is 14.0. The number of carbonyl (C=O) groups excluding carboxylic acids is 1. The Morgan fingerprint density at radius 1 is 1.17 bits per heavy atom. The number of aromatic nitrogens is 1. The van der Waals surface area contributed by atoms with Gasteiger partial charge in [-0.2, -0.15) is 0 Å². The molecule has 29 heavy (non-hydrogen) atoms. The Morgan fingerprint density at radius 2 is 2.03 bits per heavy atom. The summed E-state index contributed by atoms with van der Waals surface area (Å²) in [6.07, 6.45) is 4.11. The normalized spacial score (nSPS) is 19.9. The fourth-order valence-electron chi connectivity index (χ4n) is 3.90.